The lowest BCUT2D eigenvalue weighted by atomic mass is 9.99. The first-order chi connectivity index (χ1) is 10.9. The first-order valence-electron chi connectivity index (χ1n) is 8.22. The van der Waals surface area contributed by atoms with Crippen LogP contribution in [0.25, 0.3) is 10.9 Å². The number of rotatable bonds is 4. The number of likely N-dealkylation sites (N-methyl/N-ethyl adjacent to an activating group) is 1. The highest BCUT2D eigenvalue weighted by molar-refractivity contribution is 6.07. The van der Waals surface area contributed by atoms with Crippen molar-refractivity contribution < 1.29 is 9.90 Å². The zero-order chi connectivity index (χ0) is 16.7. The number of hydrogen-bond acceptors (Lipinski definition) is 3. The maximum atomic E-state index is 13.0. The molecule has 1 fully saturated rings. The summed E-state index contributed by atoms with van der Waals surface area (Å²) in [6.45, 7) is 5.89. The smallest absolute Gasteiger partial charge is 0.254 e. The van der Waals surface area contributed by atoms with Crippen LogP contribution in [0.4, 0.5) is 0 Å². The van der Waals surface area contributed by atoms with Gasteiger partial charge >= 0.3 is 0 Å². The first kappa shape index (κ1) is 15.9. The molecule has 0 saturated heterocycles. The summed E-state index contributed by atoms with van der Waals surface area (Å²) >= 11 is 0. The Morgan fingerprint density at radius 1 is 1.35 bits per heavy atom. The minimum Gasteiger partial charge on any atom is -0.394 e. The Morgan fingerprint density at radius 2 is 2.04 bits per heavy atom. The highest BCUT2D eigenvalue weighted by atomic mass is 16.3. The Morgan fingerprint density at radius 3 is 2.65 bits per heavy atom. The van der Waals surface area contributed by atoms with Crippen LogP contribution in [0, 0.1) is 13.8 Å². The van der Waals surface area contributed by atoms with E-state index in [9.17, 15) is 9.90 Å². The molecule has 1 saturated carbocycles. The van der Waals surface area contributed by atoms with Crippen molar-refractivity contribution in [3.05, 3.63) is 40.6 Å². The van der Waals surface area contributed by atoms with Gasteiger partial charge in [-0.05, 0) is 51.3 Å². The van der Waals surface area contributed by atoms with Gasteiger partial charge in [-0.15, -0.1) is 0 Å². The zero-order valence-corrected chi connectivity index (χ0v) is 14.3. The van der Waals surface area contributed by atoms with Gasteiger partial charge in [0.2, 0.25) is 0 Å². The van der Waals surface area contributed by atoms with Crippen LogP contribution in [0.3, 0.4) is 0 Å². The Hall–Kier alpha value is -1.94. The molecule has 1 aliphatic rings. The molecule has 0 radical (unpaired) electrons. The third-order valence-electron chi connectivity index (χ3n) is 4.74. The topological polar surface area (TPSA) is 53.4 Å². The summed E-state index contributed by atoms with van der Waals surface area (Å²) in [5.74, 6) is 0.443. The standard InChI is InChI=1S/C19H24N2O2/c1-11-7-12(2)18-15(8-11)16(9-17(20-18)14-5-6-14)19(23)21(4)13(3)10-22/h7-9,13-14,22H,5-6,10H2,1-4H3. The summed E-state index contributed by atoms with van der Waals surface area (Å²) in [5.41, 5.74) is 4.88. The average Bonchev–Trinajstić information content (AvgIpc) is 3.36. The van der Waals surface area contributed by atoms with E-state index in [0.717, 1.165) is 40.6 Å². The molecular formula is C19H24N2O2. The summed E-state index contributed by atoms with van der Waals surface area (Å²) in [4.78, 5) is 19.4. The van der Waals surface area contributed by atoms with E-state index in [1.807, 2.05) is 32.9 Å². The summed E-state index contributed by atoms with van der Waals surface area (Å²) < 4.78 is 0. The van der Waals surface area contributed by atoms with Crippen LogP contribution in [0.1, 0.15) is 52.9 Å². The number of nitrogens with zero attached hydrogens (tertiary/aromatic N) is 2. The molecule has 1 atom stereocenters. The Labute approximate surface area is 137 Å². The summed E-state index contributed by atoms with van der Waals surface area (Å²) in [6, 6.07) is 5.90. The number of fused-ring (bicyclic) bond motifs is 1. The second-order valence-electron chi connectivity index (χ2n) is 6.79. The van der Waals surface area contributed by atoms with E-state index in [1.165, 1.54) is 0 Å². The molecule has 1 N–H and O–H groups in total. The van der Waals surface area contributed by atoms with Crippen LogP contribution in [0.5, 0.6) is 0 Å². The fourth-order valence-electron chi connectivity index (χ4n) is 2.98. The van der Waals surface area contributed by atoms with Gasteiger partial charge in [-0.1, -0.05) is 11.6 Å². The average molecular weight is 312 g/mol. The Balaban J connectivity index is 2.19. The van der Waals surface area contributed by atoms with E-state index < -0.39 is 0 Å². The molecule has 2 aromatic rings. The number of aliphatic hydroxyl groups is 1. The van der Waals surface area contributed by atoms with Gasteiger partial charge in [0.25, 0.3) is 5.91 Å². The third kappa shape index (κ3) is 2.95. The highest BCUT2D eigenvalue weighted by Gasteiger charge is 2.28. The van der Waals surface area contributed by atoms with Gasteiger partial charge in [0.15, 0.2) is 0 Å². The molecule has 23 heavy (non-hydrogen) atoms. The fraction of sp³-hybridized carbons (Fsp3) is 0.474. The Bertz CT molecular complexity index is 766. The van der Waals surface area contributed by atoms with Crippen LogP contribution in [0.2, 0.25) is 0 Å². The number of carbonyl (C=O) groups excluding carboxylic acids is 1. The summed E-state index contributed by atoms with van der Waals surface area (Å²) in [6.07, 6.45) is 2.31. The number of aromatic nitrogens is 1. The van der Waals surface area contributed by atoms with E-state index >= 15 is 0 Å². The number of aryl methyl sites for hydroxylation is 2. The molecule has 1 aromatic heterocycles. The molecule has 122 valence electrons. The minimum atomic E-state index is -0.207. The quantitative estimate of drug-likeness (QED) is 0.943. The van der Waals surface area contributed by atoms with Crippen molar-refractivity contribution in [3.63, 3.8) is 0 Å². The van der Waals surface area contributed by atoms with Gasteiger partial charge < -0.3 is 10.0 Å². The lowest BCUT2D eigenvalue weighted by Crippen LogP contribution is -2.37. The molecule has 4 heteroatoms. The van der Waals surface area contributed by atoms with E-state index in [0.29, 0.717) is 11.5 Å². The maximum absolute atomic E-state index is 13.0. The van der Waals surface area contributed by atoms with Gasteiger partial charge in [-0.2, -0.15) is 0 Å². The SMILES string of the molecule is Cc1cc(C)c2nc(C3CC3)cc(C(=O)N(C)C(C)CO)c2c1. The number of benzene rings is 1. The van der Waals surface area contributed by atoms with Crippen molar-refractivity contribution in [3.8, 4) is 0 Å². The van der Waals surface area contributed by atoms with Crippen molar-refractivity contribution in [2.24, 2.45) is 0 Å². The largest absolute Gasteiger partial charge is 0.394 e. The van der Waals surface area contributed by atoms with E-state index in [-0.39, 0.29) is 18.6 Å². The molecule has 1 unspecified atom stereocenters. The molecular weight excluding hydrogens is 288 g/mol. The highest BCUT2D eigenvalue weighted by Crippen LogP contribution is 2.40. The molecule has 1 aromatic carbocycles. The van der Waals surface area contributed by atoms with Gasteiger partial charge in [0.05, 0.1) is 23.7 Å². The second kappa shape index (κ2) is 5.93. The number of pyridine rings is 1. The number of carbonyl (C=O) groups is 1. The normalized spacial score (nSPS) is 15.7. The molecule has 1 amide bonds. The monoisotopic (exact) mass is 312 g/mol. The van der Waals surface area contributed by atoms with Crippen LogP contribution < -0.4 is 0 Å². The van der Waals surface area contributed by atoms with Gasteiger partial charge in [-0.3, -0.25) is 9.78 Å². The van der Waals surface area contributed by atoms with Crippen molar-refractivity contribution in [2.75, 3.05) is 13.7 Å². The van der Waals surface area contributed by atoms with Crippen LogP contribution >= 0.6 is 0 Å². The first-order valence-corrected chi connectivity index (χ1v) is 8.22. The molecule has 0 spiro atoms. The predicted molar refractivity (Wildman–Crippen MR) is 91.8 cm³/mol. The fourth-order valence-corrected chi connectivity index (χ4v) is 2.98. The van der Waals surface area contributed by atoms with Crippen LogP contribution in [-0.4, -0.2) is 40.6 Å². The minimum absolute atomic E-state index is 0.0429. The summed E-state index contributed by atoms with van der Waals surface area (Å²) in [5, 5.41) is 10.3. The van der Waals surface area contributed by atoms with Gasteiger partial charge in [-0.25, -0.2) is 0 Å². The van der Waals surface area contributed by atoms with Crippen LogP contribution in [0.15, 0.2) is 18.2 Å². The van der Waals surface area contributed by atoms with Gasteiger partial charge in [0.1, 0.15) is 0 Å². The van der Waals surface area contributed by atoms with Crippen molar-refractivity contribution in [1.29, 1.82) is 0 Å². The molecule has 1 aliphatic carbocycles. The van der Waals surface area contributed by atoms with Crippen molar-refractivity contribution in [1.82, 2.24) is 9.88 Å². The van der Waals surface area contributed by atoms with Crippen molar-refractivity contribution in [2.45, 2.75) is 45.6 Å². The van der Waals surface area contributed by atoms with Crippen LogP contribution in [-0.2, 0) is 0 Å². The number of amides is 1. The molecule has 4 nitrogen and oxygen atoms in total. The number of hydrogen-bond donors (Lipinski definition) is 1. The van der Waals surface area contributed by atoms with E-state index in [1.54, 1.807) is 11.9 Å². The predicted octanol–water partition coefficient (Wildman–Crippen LogP) is 3.18. The molecule has 3 rings (SSSR count). The van der Waals surface area contributed by atoms with E-state index in [2.05, 4.69) is 6.07 Å². The zero-order valence-electron chi connectivity index (χ0n) is 14.3. The Kier molecular flexibility index (Phi) is 4.11. The van der Waals surface area contributed by atoms with Crippen molar-refractivity contribution >= 4 is 16.8 Å². The number of aliphatic hydroxyl groups excluding tert-OH is 1. The molecule has 1 heterocycles. The van der Waals surface area contributed by atoms with Gasteiger partial charge in [0, 0.05) is 24.0 Å². The lowest BCUT2D eigenvalue weighted by Gasteiger charge is -2.24. The molecule has 0 bridgehead atoms. The van der Waals surface area contributed by atoms with E-state index in [4.69, 9.17) is 4.98 Å². The maximum Gasteiger partial charge on any atom is 0.254 e. The second-order valence-corrected chi connectivity index (χ2v) is 6.79. The third-order valence-corrected chi connectivity index (χ3v) is 4.74. The molecule has 0 aliphatic heterocycles. The lowest BCUT2D eigenvalue weighted by molar-refractivity contribution is 0.0684. The summed E-state index contributed by atoms with van der Waals surface area (Å²) in [7, 11) is 1.74.